The molecule has 0 radical (unpaired) electrons. The lowest BCUT2D eigenvalue weighted by molar-refractivity contribution is -0.131. The predicted molar refractivity (Wildman–Crippen MR) is 60.5 cm³/mol. The number of rotatable bonds is 3. The van der Waals surface area contributed by atoms with Crippen LogP contribution in [0.15, 0.2) is 30.8 Å². The van der Waals surface area contributed by atoms with Gasteiger partial charge in [-0.1, -0.05) is 30.8 Å². The molecule has 2 nitrogen and oxygen atoms in total. The highest BCUT2D eigenvalue weighted by atomic mass is 28.2. The maximum absolute atomic E-state index is 10.6. The second-order valence-electron chi connectivity index (χ2n) is 3.20. The van der Waals surface area contributed by atoms with Crippen molar-refractivity contribution in [2.45, 2.75) is 13.8 Å². The molecule has 0 N–H and O–H groups in total. The third kappa shape index (κ3) is 2.85. The molecule has 0 aromatic heterocycles. The number of aryl methyl sites for hydroxylation is 1. The molecule has 0 atom stereocenters. The Bertz CT molecular complexity index is 358. The number of benzene rings is 1. The Morgan fingerprint density at radius 3 is 2.64 bits per heavy atom. The molecule has 1 aromatic carbocycles. The molecule has 3 heteroatoms. The highest BCUT2D eigenvalue weighted by Crippen LogP contribution is 2.15. The minimum absolute atomic E-state index is 0.216. The van der Waals surface area contributed by atoms with Gasteiger partial charge in [-0.3, -0.25) is 4.79 Å². The summed E-state index contributed by atoms with van der Waals surface area (Å²) in [5.41, 5.74) is 2.29. The van der Waals surface area contributed by atoms with E-state index in [4.69, 9.17) is 4.43 Å². The molecular formula is C11H14O2Si. The average Bonchev–Trinajstić information content (AvgIpc) is 2.15. The lowest BCUT2D eigenvalue weighted by atomic mass is 10.1. The van der Waals surface area contributed by atoms with E-state index in [0.717, 1.165) is 10.8 Å². The summed E-state index contributed by atoms with van der Waals surface area (Å²) in [5, 5.41) is 0.971. The van der Waals surface area contributed by atoms with Crippen molar-refractivity contribution in [3.05, 3.63) is 42.0 Å². The Balaban J connectivity index is 2.70. The lowest BCUT2D eigenvalue weighted by Crippen LogP contribution is -2.06. The van der Waals surface area contributed by atoms with Gasteiger partial charge in [-0.15, -0.1) is 0 Å². The summed E-state index contributed by atoms with van der Waals surface area (Å²) < 4.78 is 5.01. The van der Waals surface area contributed by atoms with Gasteiger partial charge < -0.3 is 4.43 Å². The van der Waals surface area contributed by atoms with Crippen LogP contribution in [0, 0.1) is 6.92 Å². The molecule has 0 saturated carbocycles. The van der Waals surface area contributed by atoms with Gasteiger partial charge in [0.2, 0.25) is 0 Å². The van der Waals surface area contributed by atoms with Crippen LogP contribution in [0.5, 0.6) is 0 Å². The molecule has 1 aromatic rings. The molecule has 0 amide bonds. The normalized spacial score (nSPS) is 10.4. The summed E-state index contributed by atoms with van der Waals surface area (Å²) in [6, 6.07) is 7.99. The molecule has 0 bridgehead atoms. The van der Waals surface area contributed by atoms with Gasteiger partial charge in [0.15, 0.2) is 0 Å². The van der Waals surface area contributed by atoms with Gasteiger partial charge in [-0.05, 0) is 23.2 Å². The zero-order valence-electron chi connectivity index (χ0n) is 8.54. The minimum Gasteiger partial charge on any atom is -0.521 e. The van der Waals surface area contributed by atoms with Crippen molar-refractivity contribution in [3.63, 3.8) is 0 Å². The second-order valence-corrected chi connectivity index (χ2v) is 4.63. The molecule has 0 aliphatic heterocycles. The Morgan fingerprint density at radius 1 is 1.43 bits per heavy atom. The number of hydrogen-bond acceptors (Lipinski definition) is 2. The molecule has 74 valence electrons. The van der Waals surface area contributed by atoms with Crippen molar-refractivity contribution in [2.24, 2.45) is 0 Å². The fourth-order valence-electron chi connectivity index (χ4n) is 1.24. The van der Waals surface area contributed by atoms with Crippen LogP contribution in [0.1, 0.15) is 18.1 Å². The van der Waals surface area contributed by atoms with Crippen molar-refractivity contribution in [3.8, 4) is 0 Å². The van der Waals surface area contributed by atoms with E-state index in [9.17, 15) is 4.79 Å². The third-order valence-electron chi connectivity index (χ3n) is 1.98. The summed E-state index contributed by atoms with van der Waals surface area (Å²) in [6.07, 6.45) is 0. The summed E-state index contributed by atoms with van der Waals surface area (Å²) in [6.45, 7) is 7.40. The summed E-state index contributed by atoms with van der Waals surface area (Å²) in [7, 11) is -0.975. The first kappa shape index (κ1) is 10.7. The van der Waals surface area contributed by atoms with Crippen molar-refractivity contribution in [1.82, 2.24) is 0 Å². The topological polar surface area (TPSA) is 26.3 Å². The fraction of sp³-hybridized carbons (Fsp3) is 0.182. The zero-order valence-corrected chi connectivity index (χ0v) is 9.95. The van der Waals surface area contributed by atoms with Crippen molar-refractivity contribution in [2.75, 3.05) is 0 Å². The van der Waals surface area contributed by atoms with E-state index in [1.54, 1.807) is 0 Å². The Kier molecular flexibility index (Phi) is 3.65. The van der Waals surface area contributed by atoms with Gasteiger partial charge in [-0.2, -0.15) is 0 Å². The fourth-order valence-corrected chi connectivity index (χ4v) is 2.17. The summed E-state index contributed by atoms with van der Waals surface area (Å²) in [4.78, 5) is 10.6. The van der Waals surface area contributed by atoms with Gasteiger partial charge in [-0.25, -0.2) is 0 Å². The lowest BCUT2D eigenvalue weighted by Gasteiger charge is -2.08. The molecule has 0 fully saturated rings. The zero-order chi connectivity index (χ0) is 10.6. The van der Waals surface area contributed by atoms with Crippen LogP contribution in [0.25, 0.3) is 5.20 Å². The van der Waals surface area contributed by atoms with Crippen LogP contribution in [0.3, 0.4) is 0 Å². The van der Waals surface area contributed by atoms with E-state index in [0.29, 0.717) is 0 Å². The smallest absolute Gasteiger partial charge is 0.289 e. The maximum Gasteiger partial charge on any atom is 0.289 e. The SMILES string of the molecule is C=C([SiH2]OC(C)=O)c1ccccc1C. The van der Waals surface area contributed by atoms with Crippen LogP contribution in [0.2, 0.25) is 0 Å². The van der Waals surface area contributed by atoms with Crippen molar-refractivity contribution in [1.29, 1.82) is 0 Å². The molecule has 14 heavy (non-hydrogen) atoms. The highest BCUT2D eigenvalue weighted by Gasteiger charge is 2.04. The van der Waals surface area contributed by atoms with Gasteiger partial charge in [0.1, 0.15) is 0 Å². The predicted octanol–water partition coefficient (Wildman–Crippen LogP) is 1.61. The van der Waals surface area contributed by atoms with Crippen LogP contribution in [-0.4, -0.2) is 15.7 Å². The van der Waals surface area contributed by atoms with Crippen LogP contribution in [0.4, 0.5) is 0 Å². The first-order valence-electron chi connectivity index (χ1n) is 4.48. The Morgan fingerprint density at radius 2 is 2.07 bits per heavy atom. The molecule has 1 rings (SSSR count). The van der Waals surface area contributed by atoms with Gasteiger partial charge in [0, 0.05) is 6.92 Å². The number of carbonyl (C=O) groups is 1. The van der Waals surface area contributed by atoms with E-state index < -0.39 is 9.76 Å². The van der Waals surface area contributed by atoms with Crippen LogP contribution >= 0.6 is 0 Å². The quantitative estimate of drug-likeness (QED) is 0.702. The molecule has 0 aliphatic rings. The third-order valence-corrected chi connectivity index (χ3v) is 3.26. The van der Waals surface area contributed by atoms with Crippen molar-refractivity contribution < 1.29 is 9.22 Å². The van der Waals surface area contributed by atoms with Crippen LogP contribution < -0.4 is 0 Å². The van der Waals surface area contributed by atoms with Crippen LogP contribution in [-0.2, 0) is 9.22 Å². The molecule has 0 aliphatic carbocycles. The molecule has 0 unspecified atom stereocenters. The number of hydrogen-bond donors (Lipinski definition) is 0. The van der Waals surface area contributed by atoms with E-state index in [-0.39, 0.29) is 5.97 Å². The van der Waals surface area contributed by atoms with Gasteiger partial charge >= 0.3 is 0 Å². The maximum atomic E-state index is 10.6. The standard InChI is InChI=1S/C11H14O2Si/c1-8-6-4-5-7-11(8)9(2)14-13-10(3)12/h4-7H,2,14H2,1,3H3. The molecule has 0 spiro atoms. The first-order chi connectivity index (χ1) is 6.61. The molecule has 0 saturated heterocycles. The van der Waals surface area contributed by atoms with E-state index >= 15 is 0 Å². The van der Waals surface area contributed by atoms with E-state index in [2.05, 4.69) is 6.58 Å². The molecular weight excluding hydrogens is 192 g/mol. The highest BCUT2D eigenvalue weighted by molar-refractivity contribution is 6.56. The monoisotopic (exact) mass is 206 g/mol. The van der Waals surface area contributed by atoms with Gasteiger partial charge in [0.25, 0.3) is 15.7 Å². The summed E-state index contributed by atoms with van der Waals surface area (Å²) >= 11 is 0. The summed E-state index contributed by atoms with van der Waals surface area (Å²) in [5.74, 6) is -0.216. The first-order valence-corrected chi connectivity index (χ1v) is 5.77. The minimum atomic E-state index is -0.975. The van der Waals surface area contributed by atoms with Crippen molar-refractivity contribution >= 4 is 20.9 Å². The number of carbonyl (C=O) groups excluding carboxylic acids is 1. The largest absolute Gasteiger partial charge is 0.521 e. The van der Waals surface area contributed by atoms with E-state index in [1.807, 2.05) is 31.2 Å². The Hall–Kier alpha value is -1.35. The second kappa shape index (κ2) is 4.76. The van der Waals surface area contributed by atoms with Gasteiger partial charge in [0.05, 0.1) is 0 Å². The van der Waals surface area contributed by atoms with E-state index in [1.165, 1.54) is 12.5 Å². The molecule has 0 heterocycles. The Labute approximate surface area is 86.5 Å². The average molecular weight is 206 g/mol.